The van der Waals surface area contributed by atoms with E-state index in [2.05, 4.69) is 34.9 Å². The summed E-state index contributed by atoms with van der Waals surface area (Å²) in [5.41, 5.74) is 1.52. The van der Waals surface area contributed by atoms with E-state index in [1.807, 2.05) is 49.4 Å². The fourth-order valence-corrected chi connectivity index (χ4v) is 6.44. The average Bonchev–Trinajstić information content (AvgIpc) is 3.22. The number of nitrogens with zero attached hydrogens (tertiary/aromatic N) is 1. The van der Waals surface area contributed by atoms with Crippen molar-refractivity contribution in [3.63, 3.8) is 0 Å². The van der Waals surface area contributed by atoms with Gasteiger partial charge in [-0.05, 0) is 61.1 Å². The first-order chi connectivity index (χ1) is 16.3. The third-order valence-electron chi connectivity index (χ3n) is 7.17. The number of carbonyl (C=O) groups excluding carboxylic acids is 2. The largest absolute Gasteiger partial charge is 0.332 e. The van der Waals surface area contributed by atoms with Gasteiger partial charge < -0.3 is 10.2 Å². The van der Waals surface area contributed by atoms with Crippen LogP contribution in [0.2, 0.25) is 10.0 Å². The van der Waals surface area contributed by atoms with E-state index in [1.54, 1.807) is 0 Å². The number of hydrogen-bond acceptors (Lipinski definition) is 4. The number of benzene rings is 2. The molecule has 0 radical (unpaired) electrons. The van der Waals surface area contributed by atoms with Crippen LogP contribution in [0.1, 0.15) is 69.5 Å². The van der Waals surface area contributed by atoms with Crippen LogP contribution in [-0.2, 0) is 4.79 Å². The van der Waals surface area contributed by atoms with Gasteiger partial charge in [-0.2, -0.15) is 0 Å². The molecule has 2 aliphatic rings. The summed E-state index contributed by atoms with van der Waals surface area (Å²) in [5, 5.41) is 4.18. The molecule has 0 spiro atoms. The van der Waals surface area contributed by atoms with Gasteiger partial charge in [0.05, 0.1) is 17.6 Å². The van der Waals surface area contributed by atoms with Gasteiger partial charge in [0.25, 0.3) is 5.24 Å². The lowest BCUT2D eigenvalue weighted by atomic mass is 9.66. The summed E-state index contributed by atoms with van der Waals surface area (Å²) in [4.78, 5) is 28.2. The zero-order valence-corrected chi connectivity index (χ0v) is 22.0. The first-order valence-corrected chi connectivity index (χ1v) is 13.4. The van der Waals surface area contributed by atoms with Gasteiger partial charge in [0, 0.05) is 34.0 Å². The predicted molar refractivity (Wildman–Crippen MR) is 140 cm³/mol. The monoisotopic (exact) mass is 519 g/mol. The fourth-order valence-electron chi connectivity index (χ4n) is 5.52. The Bertz CT molecular complexity index is 1050. The highest BCUT2D eigenvalue weighted by molar-refractivity contribution is 8.12. The maximum atomic E-state index is 14.3. The minimum absolute atomic E-state index is 0.0351. The minimum Gasteiger partial charge on any atom is -0.332 e. The molecule has 182 valence electrons. The topological polar surface area (TPSA) is 61.4 Å². The van der Waals surface area contributed by atoms with Crippen LogP contribution in [0.5, 0.6) is 0 Å². The minimum atomic E-state index is -0.658. The van der Waals surface area contributed by atoms with Crippen molar-refractivity contribution in [3.05, 3.63) is 69.7 Å². The molecule has 2 aromatic carbocycles. The highest BCUT2D eigenvalue weighted by Crippen LogP contribution is 2.52. The number of carbonyl (C=O) groups is 2. The Hall–Kier alpha value is -1.73. The Kier molecular flexibility index (Phi) is 7.82. The molecular weight excluding hydrogens is 489 g/mol. The highest BCUT2D eigenvalue weighted by atomic mass is 35.5. The van der Waals surface area contributed by atoms with Gasteiger partial charge in [-0.15, -0.1) is 0 Å². The second-order valence-electron chi connectivity index (χ2n) is 9.51. The molecule has 0 aromatic heterocycles. The molecule has 34 heavy (non-hydrogen) atoms. The van der Waals surface area contributed by atoms with Crippen LogP contribution in [0.25, 0.3) is 0 Å². The molecule has 0 saturated carbocycles. The molecule has 2 amide bonds. The molecule has 0 bridgehead atoms. The highest BCUT2D eigenvalue weighted by Gasteiger charge is 2.52. The van der Waals surface area contributed by atoms with Crippen LogP contribution in [0.15, 0.2) is 48.5 Å². The van der Waals surface area contributed by atoms with Crippen LogP contribution < -0.4 is 10.0 Å². The van der Waals surface area contributed by atoms with Crippen molar-refractivity contribution in [3.8, 4) is 0 Å². The summed E-state index contributed by atoms with van der Waals surface area (Å²) in [6.45, 7) is 6.31. The van der Waals surface area contributed by atoms with Gasteiger partial charge >= 0.3 is 0 Å². The molecule has 8 heteroatoms. The average molecular weight is 521 g/mol. The van der Waals surface area contributed by atoms with Crippen LogP contribution in [0, 0.1) is 5.41 Å². The number of likely N-dealkylation sites (tertiary alicyclic amines) is 1. The molecule has 2 aliphatic heterocycles. The second kappa shape index (κ2) is 10.5. The molecule has 2 heterocycles. The van der Waals surface area contributed by atoms with Crippen LogP contribution in [-0.4, -0.2) is 28.3 Å². The number of hydrogen-bond donors (Lipinski definition) is 2. The van der Waals surface area contributed by atoms with E-state index in [-0.39, 0.29) is 35.3 Å². The number of halogens is 2. The molecule has 4 atom stereocenters. The second-order valence-corrected chi connectivity index (χ2v) is 11.2. The van der Waals surface area contributed by atoms with Crippen molar-refractivity contribution < 1.29 is 9.59 Å². The number of piperidine rings is 1. The number of nitrogens with one attached hydrogen (secondary N) is 2. The number of rotatable bonds is 7. The van der Waals surface area contributed by atoms with E-state index in [1.165, 1.54) is 0 Å². The van der Waals surface area contributed by atoms with Gasteiger partial charge in [0.1, 0.15) is 0 Å². The Morgan fingerprint density at radius 3 is 2.35 bits per heavy atom. The Morgan fingerprint density at radius 2 is 1.76 bits per heavy atom. The van der Waals surface area contributed by atoms with Gasteiger partial charge in [-0.3, -0.25) is 9.59 Å². The zero-order valence-electron chi connectivity index (χ0n) is 19.7. The van der Waals surface area contributed by atoms with Gasteiger partial charge in [0.2, 0.25) is 5.91 Å². The molecular formula is C26H31Cl2N3O2S. The molecule has 2 aromatic rings. The van der Waals surface area contributed by atoms with Crippen molar-refractivity contribution in [1.29, 1.82) is 0 Å². The lowest BCUT2D eigenvalue weighted by Gasteiger charge is -2.52. The van der Waals surface area contributed by atoms with E-state index in [4.69, 9.17) is 23.2 Å². The quantitative estimate of drug-likeness (QED) is 0.389. The van der Waals surface area contributed by atoms with Crippen molar-refractivity contribution >= 4 is 46.3 Å². The van der Waals surface area contributed by atoms with Crippen molar-refractivity contribution in [2.45, 2.75) is 70.6 Å². The third kappa shape index (κ3) is 5.11. The predicted octanol–water partition coefficient (Wildman–Crippen LogP) is 6.92. The summed E-state index contributed by atoms with van der Waals surface area (Å²) in [6.07, 6.45) is 2.64. The van der Waals surface area contributed by atoms with Gasteiger partial charge in [-0.25, -0.2) is 4.72 Å². The maximum Gasteiger partial charge on any atom is 0.295 e. The van der Waals surface area contributed by atoms with E-state index < -0.39 is 5.41 Å². The molecule has 5 nitrogen and oxygen atoms in total. The summed E-state index contributed by atoms with van der Waals surface area (Å²) in [7, 11) is 0. The van der Waals surface area contributed by atoms with Crippen LogP contribution in [0.4, 0.5) is 4.79 Å². The first kappa shape index (κ1) is 25.4. The molecule has 0 aliphatic carbocycles. The Labute approximate surface area is 216 Å². The molecule has 2 fully saturated rings. The summed E-state index contributed by atoms with van der Waals surface area (Å²) in [6, 6.07) is 15.8. The van der Waals surface area contributed by atoms with Gasteiger partial charge in [-0.1, -0.05) is 68.2 Å². The fraction of sp³-hybridized carbons (Fsp3) is 0.462. The summed E-state index contributed by atoms with van der Waals surface area (Å²) < 4.78 is 3.13. The lowest BCUT2D eigenvalue weighted by molar-refractivity contribution is -0.156. The number of amides is 2. The molecule has 2 saturated heterocycles. The smallest absolute Gasteiger partial charge is 0.295 e. The van der Waals surface area contributed by atoms with Crippen molar-refractivity contribution in [1.82, 2.24) is 14.9 Å². The zero-order chi connectivity index (χ0) is 24.5. The van der Waals surface area contributed by atoms with Gasteiger partial charge in [0.15, 0.2) is 0 Å². The molecule has 2 N–H and O–H groups in total. The van der Waals surface area contributed by atoms with Crippen LogP contribution >= 0.6 is 35.1 Å². The molecule has 4 rings (SSSR count). The Balaban J connectivity index is 1.83. The lowest BCUT2D eigenvalue weighted by Crippen LogP contribution is -2.57. The van der Waals surface area contributed by atoms with Crippen molar-refractivity contribution in [2.75, 3.05) is 0 Å². The SMILES string of the molecule is CCC(CC)N1C(=O)[C@@](C)(CC2NSC(=O)N2)C[C@H](c2cccc(Cl)c2)[C@H]1c1ccc(Cl)cc1. The summed E-state index contributed by atoms with van der Waals surface area (Å²) >= 11 is 13.7. The van der Waals surface area contributed by atoms with E-state index in [0.29, 0.717) is 22.9 Å². The van der Waals surface area contributed by atoms with E-state index in [9.17, 15) is 9.59 Å². The van der Waals surface area contributed by atoms with Crippen LogP contribution in [0.3, 0.4) is 0 Å². The summed E-state index contributed by atoms with van der Waals surface area (Å²) in [5.74, 6) is 0.167. The van der Waals surface area contributed by atoms with E-state index >= 15 is 0 Å². The normalized spacial score (nSPS) is 27.4. The first-order valence-electron chi connectivity index (χ1n) is 11.8. The third-order valence-corrected chi connectivity index (χ3v) is 8.36. The molecule has 1 unspecified atom stereocenters. The Morgan fingerprint density at radius 1 is 1.06 bits per heavy atom. The maximum absolute atomic E-state index is 14.3. The van der Waals surface area contributed by atoms with Crippen molar-refractivity contribution in [2.24, 2.45) is 5.41 Å². The standard InChI is InChI=1S/C26H31Cl2N3O2S/c1-4-20(5-2)31-23(16-9-11-18(27)12-10-16)21(17-7-6-8-19(28)13-17)14-26(3,24(31)32)15-22-29-25(33)34-30-22/h6-13,20-23,30H,4-5,14-15H2,1-3H3,(H,29,33)/t21-,22?,23-,26-/m1/s1. The van der Waals surface area contributed by atoms with E-state index in [0.717, 1.165) is 35.9 Å².